The lowest BCUT2D eigenvalue weighted by molar-refractivity contribution is 0.0936. The minimum Gasteiger partial charge on any atom is -0.396 e. The number of aliphatic hydroxyl groups is 1. The van der Waals surface area contributed by atoms with Gasteiger partial charge in [-0.3, -0.25) is 4.79 Å². The van der Waals surface area contributed by atoms with Crippen LogP contribution in [-0.4, -0.2) is 23.7 Å². The average molecular weight is 256 g/mol. The van der Waals surface area contributed by atoms with Crippen LogP contribution in [0.1, 0.15) is 35.7 Å². The Hall–Kier alpha value is -1.06. The smallest absolute Gasteiger partial charge is 0.251 e. The summed E-state index contributed by atoms with van der Waals surface area (Å²) in [5, 5.41) is 12.2. The first kappa shape index (κ1) is 14.0. The number of aryl methyl sites for hydroxylation is 1. The van der Waals surface area contributed by atoms with Gasteiger partial charge in [0.2, 0.25) is 0 Å². The SMILES string of the molecule is Cc1cc(Cl)cc(C(=O)NC(C)CCCO)c1. The molecule has 0 aliphatic carbocycles. The van der Waals surface area contributed by atoms with Gasteiger partial charge in [-0.2, -0.15) is 0 Å². The number of carbonyl (C=O) groups is 1. The van der Waals surface area contributed by atoms with Crippen LogP contribution in [0.4, 0.5) is 0 Å². The summed E-state index contributed by atoms with van der Waals surface area (Å²) in [6.07, 6.45) is 1.46. The Balaban J connectivity index is 2.63. The zero-order chi connectivity index (χ0) is 12.8. The average Bonchev–Trinajstić information content (AvgIpc) is 2.25. The van der Waals surface area contributed by atoms with Crippen LogP contribution in [0.15, 0.2) is 18.2 Å². The molecule has 4 heteroatoms. The van der Waals surface area contributed by atoms with Crippen LogP contribution in [0.3, 0.4) is 0 Å². The Morgan fingerprint density at radius 2 is 2.18 bits per heavy atom. The molecule has 94 valence electrons. The molecule has 3 nitrogen and oxygen atoms in total. The van der Waals surface area contributed by atoms with Crippen molar-refractivity contribution in [2.75, 3.05) is 6.61 Å². The second kappa shape index (κ2) is 6.62. The largest absolute Gasteiger partial charge is 0.396 e. The number of halogens is 1. The maximum absolute atomic E-state index is 11.9. The Morgan fingerprint density at radius 3 is 2.76 bits per heavy atom. The second-order valence-electron chi connectivity index (χ2n) is 4.26. The van der Waals surface area contributed by atoms with Gasteiger partial charge in [0.25, 0.3) is 5.91 Å². The van der Waals surface area contributed by atoms with Gasteiger partial charge in [0.1, 0.15) is 0 Å². The van der Waals surface area contributed by atoms with Gasteiger partial charge in [0, 0.05) is 23.2 Å². The Labute approximate surface area is 107 Å². The molecule has 0 fully saturated rings. The van der Waals surface area contributed by atoms with Gasteiger partial charge in [-0.1, -0.05) is 11.6 Å². The Morgan fingerprint density at radius 1 is 1.47 bits per heavy atom. The van der Waals surface area contributed by atoms with Crippen molar-refractivity contribution in [3.8, 4) is 0 Å². The molecule has 1 amide bonds. The molecule has 0 bridgehead atoms. The Bertz CT molecular complexity index is 373. The first-order valence-electron chi connectivity index (χ1n) is 5.72. The number of benzene rings is 1. The summed E-state index contributed by atoms with van der Waals surface area (Å²) >= 11 is 5.90. The molecular weight excluding hydrogens is 238 g/mol. The van der Waals surface area contributed by atoms with Crippen LogP contribution in [-0.2, 0) is 0 Å². The second-order valence-corrected chi connectivity index (χ2v) is 4.69. The van der Waals surface area contributed by atoms with E-state index in [2.05, 4.69) is 5.32 Å². The molecular formula is C13H18ClNO2. The monoisotopic (exact) mass is 255 g/mol. The lowest BCUT2D eigenvalue weighted by atomic mass is 10.1. The van der Waals surface area contributed by atoms with Gasteiger partial charge in [-0.15, -0.1) is 0 Å². The topological polar surface area (TPSA) is 49.3 Å². The fraction of sp³-hybridized carbons (Fsp3) is 0.462. The molecule has 0 aromatic heterocycles. The molecule has 2 N–H and O–H groups in total. The molecule has 0 saturated heterocycles. The minimum absolute atomic E-state index is 0.0499. The third-order valence-electron chi connectivity index (χ3n) is 2.48. The molecule has 1 aromatic carbocycles. The van der Waals surface area contributed by atoms with Crippen LogP contribution < -0.4 is 5.32 Å². The van der Waals surface area contributed by atoms with Crippen molar-refractivity contribution in [2.24, 2.45) is 0 Å². The molecule has 0 aliphatic rings. The molecule has 1 atom stereocenters. The van der Waals surface area contributed by atoms with Crippen LogP contribution in [0.2, 0.25) is 5.02 Å². The third-order valence-corrected chi connectivity index (χ3v) is 2.70. The van der Waals surface area contributed by atoms with Gasteiger partial charge in [0.05, 0.1) is 0 Å². The first-order valence-corrected chi connectivity index (χ1v) is 6.09. The van der Waals surface area contributed by atoms with Crippen molar-refractivity contribution in [2.45, 2.75) is 32.7 Å². The lowest BCUT2D eigenvalue weighted by Crippen LogP contribution is -2.32. The van der Waals surface area contributed by atoms with E-state index in [9.17, 15) is 4.79 Å². The van der Waals surface area contributed by atoms with Gasteiger partial charge < -0.3 is 10.4 Å². The molecule has 0 heterocycles. The number of nitrogens with one attached hydrogen (secondary N) is 1. The van der Waals surface area contributed by atoms with Crippen LogP contribution in [0.5, 0.6) is 0 Å². The summed E-state index contributed by atoms with van der Waals surface area (Å²) in [4.78, 5) is 11.9. The fourth-order valence-corrected chi connectivity index (χ4v) is 1.93. The summed E-state index contributed by atoms with van der Waals surface area (Å²) in [6, 6.07) is 5.32. The summed E-state index contributed by atoms with van der Waals surface area (Å²) in [5.74, 6) is -0.124. The normalized spacial score (nSPS) is 12.2. The highest BCUT2D eigenvalue weighted by Gasteiger charge is 2.10. The quantitative estimate of drug-likeness (QED) is 0.850. The van der Waals surface area contributed by atoms with E-state index >= 15 is 0 Å². The van der Waals surface area contributed by atoms with Crippen LogP contribution >= 0.6 is 11.6 Å². The number of hydrogen-bond acceptors (Lipinski definition) is 2. The van der Waals surface area contributed by atoms with E-state index in [0.717, 1.165) is 12.0 Å². The maximum atomic E-state index is 11.9. The van der Waals surface area contributed by atoms with Crippen molar-refractivity contribution in [3.63, 3.8) is 0 Å². The molecule has 17 heavy (non-hydrogen) atoms. The predicted molar refractivity (Wildman–Crippen MR) is 69.4 cm³/mol. The standard InChI is InChI=1S/C13H18ClNO2/c1-9-6-11(8-12(14)7-9)13(17)15-10(2)4-3-5-16/h6-8,10,16H,3-5H2,1-2H3,(H,15,17). The summed E-state index contributed by atoms with van der Waals surface area (Å²) < 4.78 is 0. The van der Waals surface area contributed by atoms with Gasteiger partial charge in [-0.25, -0.2) is 0 Å². The zero-order valence-electron chi connectivity index (χ0n) is 10.2. The van der Waals surface area contributed by atoms with E-state index in [0.29, 0.717) is 17.0 Å². The highest BCUT2D eigenvalue weighted by atomic mass is 35.5. The molecule has 0 saturated carbocycles. The predicted octanol–water partition coefficient (Wildman–Crippen LogP) is 2.54. The summed E-state index contributed by atoms with van der Waals surface area (Å²) in [5.41, 5.74) is 1.54. The van der Waals surface area contributed by atoms with E-state index < -0.39 is 0 Å². The van der Waals surface area contributed by atoms with Gasteiger partial charge in [-0.05, 0) is 50.5 Å². The van der Waals surface area contributed by atoms with E-state index in [1.54, 1.807) is 12.1 Å². The first-order chi connectivity index (χ1) is 8.02. The van der Waals surface area contributed by atoms with E-state index in [-0.39, 0.29) is 18.6 Å². The van der Waals surface area contributed by atoms with E-state index in [1.165, 1.54) is 0 Å². The minimum atomic E-state index is -0.124. The molecule has 0 radical (unpaired) electrons. The van der Waals surface area contributed by atoms with Crippen molar-refractivity contribution >= 4 is 17.5 Å². The molecule has 0 aliphatic heterocycles. The highest BCUT2D eigenvalue weighted by Crippen LogP contribution is 2.14. The lowest BCUT2D eigenvalue weighted by Gasteiger charge is -2.13. The van der Waals surface area contributed by atoms with Gasteiger partial charge in [0.15, 0.2) is 0 Å². The molecule has 1 aromatic rings. The van der Waals surface area contributed by atoms with Crippen LogP contribution in [0.25, 0.3) is 0 Å². The summed E-state index contributed by atoms with van der Waals surface area (Å²) in [7, 11) is 0. The third kappa shape index (κ3) is 4.75. The maximum Gasteiger partial charge on any atom is 0.251 e. The number of rotatable bonds is 5. The van der Waals surface area contributed by atoms with Crippen molar-refractivity contribution in [1.82, 2.24) is 5.32 Å². The number of hydrogen-bond donors (Lipinski definition) is 2. The van der Waals surface area contributed by atoms with Crippen molar-refractivity contribution in [1.29, 1.82) is 0 Å². The van der Waals surface area contributed by atoms with Crippen molar-refractivity contribution in [3.05, 3.63) is 34.3 Å². The van der Waals surface area contributed by atoms with Gasteiger partial charge >= 0.3 is 0 Å². The zero-order valence-corrected chi connectivity index (χ0v) is 10.9. The highest BCUT2D eigenvalue weighted by molar-refractivity contribution is 6.31. The number of amides is 1. The fourth-order valence-electron chi connectivity index (χ4n) is 1.64. The summed E-state index contributed by atoms with van der Waals surface area (Å²) in [6.45, 7) is 3.97. The van der Waals surface area contributed by atoms with Crippen LogP contribution in [0, 0.1) is 6.92 Å². The number of carbonyl (C=O) groups excluding carboxylic acids is 1. The number of aliphatic hydroxyl groups excluding tert-OH is 1. The van der Waals surface area contributed by atoms with Crippen molar-refractivity contribution < 1.29 is 9.90 Å². The van der Waals surface area contributed by atoms with E-state index in [4.69, 9.17) is 16.7 Å². The molecule has 1 unspecified atom stereocenters. The van der Waals surface area contributed by atoms with E-state index in [1.807, 2.05) is 19.9 Å². The molecule has 0 spiro atoms. The molecule has 1 rings (SSSR count). The Kier molecular flexibility index (Phi) is 5.45.